The highest BCUT2D eigenvalue weighted by molar-refractivity contribution is 6.05. The highest BCUT2D eigenvalue weighted by atomic mass is 16.2. The number of hydrogen-bond acceptors (Lipinski definition) is 5. The number of amides is 3. The molecule has 7 heteroatoms. The predicted molar refractivity (Wildman–Crippen MR) is 91.3 cm³/mol. The van der Waals surface area contributed by atoms with E-state index in [0.29, 0.717) is 19.5 Å². The predicted octanol–water partition coefficient (Wildman–Crippen LogP) is 0.844. The van der Waals surface area contributed by atoms with Gasteiger partial charge < -0.3 is 4.90 Å². The van der Waals surface area contributed by atoms with Crippen molar-refractivity contribution in [3.05, 3.63) is 24.3 Å². The lowest BCUT2D eigenvalue weighted by Gasteiger charge is -2.36. The van der Waals surface area contributed by atoms with Crippen LogP contribution in [0.1, 0.15) is 13.3 Å². The molecule has 2 heterocycles. The smallest absolute Gasteiger partial charge is 0.328 e. The first kappa shape index (κ1) is 16.4. The first-order chi connectivity index (χ1) is 11.5. The van der Waals surface area contributed by atoms with E-state index in [1.807, 2.05) is 24.3 Å². The molecule has 3 amide bonds. The zero-order valence-electron chi connectivity index (χ0n) is 13.8. The van der Waals surface area contributed by atoms with Gasteiger partial charge in [-0.25, -0.2) is 4.79 Å². The Balaban J connectivity index is 1.60. The molecule has 0 bridgehead atoms. The van der Waals surface area contributed by atoms with Crippen molar-refractivity contribution in [3.8, 4) is 0 Å². The highest BCUT2D eigenvalue weighted by Crippen LogP contribution is 2.23. The van der Waals surface area contributed by atoms with Gasteiger partial charge in [0.25, 0.3) is 0 Å². The van der Waals surface area contributed by atoms with Crippen molar-refractivity contribution in [2.75, 3.05) is 49.1 Å². The Labute approximate surface area is 141 Å². The maximum absolute atomic E-state index is 11.9. The second kappa shape index (κ2) is 7.00. The summed E-state index contributed by atoms with van der Waals surface area (Å²) in [6.07, 6.45) is 0.325. The fraction of sp³-hybridized carbons (Fsp3) is 0.471. The topological polar surface area (TPSA) is 73.0 Å². The largest absolute Gasteiger partial charge is 0.369 e. The number of benzene rings is 1. The van der Waals surface area contributed by atoms with Gasteiger partial charge in [0.2, 0.25) is 5.91 Å². The highest BCUT2D eigenvalue weighted by Gasteiger charge is 2.24. The summed E-state index contributed by atoms with van der Waals surface area (Å²) < 4.78 is 0. The number of imide groups is 1. The van der Waals surface area contributed by atoms with Gasteiger partial charge in [-0.2, -0.15) is 0 Å². The van der Waals surface area contributed by atoms with Gasteiger partial charge in [-0.1, -0.05) is 0 Å². The number of rotatable bonds is 4. The van der Waals surface area contributed by atoms with Crippen molar-refractivity contribution in [1.82, 2.24) is 10.2 Å². The first-order valence-electron chi connectivity index (χ1n) is 8.21. The summed E-state index contributed by atoms with van der Waals surface area (Å²) in [5, 5.41) is 2.33. The van der Waals surface area contributed by atoms with E-state index in [9.17, 15) is 14.4 Å². The summed E-state index contributed by atoms with van der Waals surface area (Å²) in [6.45, 7) is 6.06. The SMILES string of the molecule is CC(=O)CN1CCN(c2ccc(N3CCC(=O)NC3=O)cc2)CC1. The molecule has 0 spiro atoms. The number of carbonyl (C=O) groups is 3. The van der Waals surface area contributed by atoms with E-state index >= 15 is 0 Å². The molecule has 24 heavy (non-hydrogen) atoms. The minimum atomic E-state index is -0.364. The molecule has 0 saturated carbocycles. The molecule has 128 valence electrons. The second-order valence-corrected chi connectivity index (χ2v) is 6.24. The summed E-state index contributed by atoms with van der Waals surface area (Å²) in [6, 6.07) is 7.45. The second-order valence-electron chi connectivity index (χ2n) is 6.24. The Kier molecular flexibility index (Phi) is 4.80. The molecule has 1 aromatic rings. The number of urea groups is 1. The molecular weight excluding hydrogens is 308 g/mol. The van der Waals surface area contributed by atoms with Crippen LogP contribution >= 0.6 is 0 Å². The van der Waals surface area contributed by atoms with Crippen LogP contribution in [-0.4, -0.2) is 61.9 Å². The summed E-state index contributed by atoms with van der Waals surface area (Å²) >= 11 is 0. The van der Waals surface area contributed by atoms with Crippen LogP contribution in [0, 0.1) is 0 Å². The first-order valence-corrected chi connectivity index (χ1v) is 8.21. The Morgan fingerprint density at radius 1 is 1.00 bits per heavy atom. The van der Waals surface area contributed by atoms with Gasteiger partial charge in [-0.3, -0.25) is 24.7 Å². The minimum Gasteiger partial charge on any atom is -0.369 e. The molecule has 2 aliphatic rings. The van der Waals surface area contributed by atoms with Crippen molar-refractivity contribution in [1.29, 1.82) is 0 Å². The van der Waals surface area contributed by atoms with E-state index in [-0.39, 0.29) is 17.7 Å². The maximum Gasteiger partial charge on any atom is 0.328 e. The molecule has 0 aromatic heterocycles. The van der Waals surface area contributed by atoms with Crippen LogP contribution in [0.4, 0.5) is 16.2 Å². The molecule has 7 nitrogen and oxygen atoms in total. The zero-order valence-corrected chi connectivity index (χ0v) is 13.8. The van der Waals surface area contributed by atoms with Crippen LogP contribution in [0.15, 0.2) is 24.3 Å². The minimum absolute atomic E-state index is 0.200. The number of piperazine rings is 1. The van der Waals surface area contributed by atoms with E-state index in [2.05, 4.69) is 15.1 Å². The van der Waals surface area contributed by atoms with E-state index in [1.54, 1.807) is 11.8 Å². The van der Waals surface area contributed by atoms with Gasteiger partial charge in [0.1, 0.15) is 5.78 Å². The molecular formula is C17H22N4O3. The zero-order chi connectivity index (χ0) is 17.1. The van der Waals surface area contributed by atoms with E-state index in [0.717, 1.165) is 37.6 Å². The number of anilines is 2. The van der Waals surface area contributed by atoms with Gasteiger partial charge in [0.05, 0.1) is 6.54 Å². The molecule has 2 aliphatic heterocycles. The number of carbonyl (C=O) groups excluding carboxylic acids is 3. The van der Waals surface area contributed by atoms with Crippen LogP contribution in [0.25, 0.3) is 0 Å². The quantitative estimate of drug-likeness (QED) is 0.886. The maximum atomic E-state index is 11.9. The lowest BCUT2D eigenvalue weighted by atomic mass is 10.2. The normalized spacial score (nSPS) is 19.4. The molecule has 0 unspecified atom stereocenters. The number of nitrogens with one attached hydrogen (secondary N) is 1. The fourth-order valence-electron chi connectivity index (χ4n) is 3.13. The summed E-state index contributed by atoms with van der Waals surface area (Å²) in [5.41, 5.74) is 1.90. The molecule has 1 N–H and O–H groups in total. The summed E-state index contributed by atoms with van der Waals surface area (Å²) in [5.74, 6) is -0.0256. The van der Waals surface area contributed by atoms with Gasteiger partial charge in [0, 0.05) is 50.5 Å². The van der Waals surface area contributed by atoms with Crippen molar-refractivity contribution >= 4 is 29.1 Å². The number of hydrogen-bond donors (Lipinski definition) is 1. The average Bonchev–Trinajstić information content (AvgIpc) is 2.55. The van der Waals surface area contributed by atoms with Gasteiger partial charge in [0.15, 0.2) is 0 Å². The third-order valence-corrected chi connectivity index (χ3v) is 4.40. The van der Waals surface area contributed by atoms with E-state index in [1.165, 1.54) is 0 Å². The molecule has 2 fully saturated rings. The average molecular weight is 330 g/mol. The van der Waals surface area contributed by atoms with Crippen LogP contribution in [-0.2, 0) is 9.59 Å². The standard InChI is InChI=1S/C17H22N4O3/c1-13(22)12-19-8-10-20(11-9-19)14-2-4-15(5-3-14)21-7-6-16(23)18-17(21)24/h2-5H,6-12H2,1H3,(H,18,23,24). The van der Waals surface area contributed by atoms with Crippen molar-refractivity contribution < 1.29 is 14.4 Å². The summed E-state index contributed by atoms with van der Waals surface area (Å²) in [7, 11) is 0. The van der Waals surface area contributed by atoms with Crippen LogP contribution in [0.5, 0.6) is 0 Å². The lowest BCUT2D eigenvalue weighted by molar-refractivity contribution is -0.120. The molecule has 0 atom stereocenters. The molecule has 1 aromatic carbocycles. The molecule has 0 aliphatic carbocycles. The Morgan fingerprint density at radius 3 is 2.21 bits per heavy atom. The third kappa shape index (κ3) is 3.73. The molecule has 0 radical (unpaired) electrons. The van der Waals surface area contributed by atoms with Crippen LogP contribution < -0.4 is 15.1 Å². The van der Waals surface area contributed by atoms with Crippen molar-refractivity contribution in [2.24, 2.45) is 0 Å². The lowest BCUT2D eigenvalue weighted by Crippen LogP contribution is -2.49. The van der Waals surface area contributed by atoms with E-state index < -0.39 is 0 Å². The van der Waals surface area contributed by atoms with Crippen molar-refractivity contribution in [3.63, 3.8) is 0 Å². The third-order valence-electron chi connectivity index (χ3n) is 4.40. The molecule has 3 rings (SSSR count). The fourth-order valence-corrected chi connectivity index (χ4v) is 3.13. The van der Waals surface area contributed by atoms with Gasteiger partial charge >= 0.3 is 6.03 Å². The Morgan fingerprint density at radius 2 is 1.62 bits per heavy atom. The Hall–Kier alpha value is -2.41. The summed E-state index contributed by atoms with van der Waals surface area (Å²) in [4.78, 5) is 40.3. The van der Waals surface area contributed by atoms with E-state index in [4.69, 9.17) is 0 Å². The van der Waals surface area contributed by atoms with Crippen molar-refractivity contribution in [2.45, 2.75) is 13.3 Å². The number of Topliss-reactive ketones (excluding diaryl/α,β-unsaturated/α-hetero) is 1. The number of ketones is 1. The van der Waals surface area contributed by atoms with Gasteiger partial charge in [-0.15, -0.1) is 0 Å². The Bertz CT molecular complexity index is 636. The number of nitrogens with zero attached hydrogens (tertiary/aromatic N) is 3. The van der Waals surface area contributed by atoms with Crippen LogP contribution in [0.3, 0.4) is 0 Å². The van der Waals surface area contributed by atoms with Crippen LogP contribution in [0.2, 0.25) is 0 Å². The molecule has 2 saturated heterocycles. The monoisotopic (exact) mass is 330 g/mol. The van der Waals surface area contributed by atoms with Gasteiger partial charge in [-0.05, 0) is 31.2 Å².